The molecule has 0 unspecified atom stereocenters. The highest BCUT2D eigenvalue weighted by Crippen LogP contribution is 2.70. The van der Waals surface area contributed by atoms with Gasteiger partial charge in [0.1, 0.15) is 22.6 Å². The van der Waals surface area contributed by atoms with E-state index in [0.717, 1.165) is 5.56 Å². The zero-order valence-electron chi connectivity index (χ0n) is 15.5. The van der Waals surface area contributed by atoms with Gasteiger partial charge in [-0.25, -0.2) is 0 Å². The van der Waals surface area contributed by atoms with Gasteiger partial charge in [-0.1, -0.05) is 67.4 Å². The van der Waals surface area contributed by atoms with E-state index < -0.39 is 22.7 Å². The first-order chi connectivity index (χ1) is 13.3. The molecular formula is C22H19Cl2NO3. The lowest BCUT2D eigenvalue weighted by molar-refractivity contribution is -0.150. The zero-order valence-corrected chi connectivity index (χ0v) is 17.0. The number of para-hydroxylation sites is 1. The van der Waals surface area contributed by atoms with Crippen LogP contribution in [0.4, 0.5) is 0 Å². The Bertz CT molecular complexity index is 946. The van der Waals surface area contributed by atoms with Crippen molar-refractivity contribution in [3.05, 3.63) is 70.7 Å². The van der Waals surface area contributed by atoms with Crippen LogP contribution >= 0.6 is 23.2 Å². The average Bonchev–Trinajstić information content (AvgIpc) is 3.14. The number of esters is 1. The minimum atomic E-state index is -1.29. The summed E-state index contributed by atoms with van der Waals surface area (Å²) in [6, 6.07) is 18.8. The summed E-state index contributed by atoms with van der Waals surface area (Å²) in [7, 11) is 0. The Morgan fingerprint density at radius 3 is 2.46 bits per heavy atom. The summed E-state index contributed by atoms with van der Waals surface area (Å²) >= 11 is 11.5. The highest BCUT2D eigenvalue weighted by atomic mass is 35.5. The lowest BCUT2D eigenvalue weighted by Gasteiger charge is -2.12. The summed E-state index contributed by atoms with van der Waals surface area (Å²) in [5, 5.41) is 9.67. The molecular weight excluding hydrogens is 397 g/mol. The predicted octanol–water partition coefficient (Wildman–Crippen LogP) is 6.01. The minimum absolute atomic E-state index is 0.0359. The smallest absolute Gasteiger partial charge is 0.328 e. The number of carbonyl (C=O) groups excluding carboxylic acids is 1. The molecule has 4 nitrogen and oxygen atoms in total. The second-order valence-corrected chi connectivity index (χ2v) is 8.22. The summed E-state index contributed by atoms with van der Waals surface area (Å²) < 4.78 is 11.3. The number of nitriles is 1. The number of rotatable bonds is 6. The number of nitrogens with zero attached hydrogens (tertiary/aromatic N) is 1. The van der Waals surface area contributed by atoms with Gasteiger partial charge in [0.15, 0.2) is 5.41 Å². The van der Waals surface area contributed by atoms with Crippen LogP contribution in [0.5, 0.6) is 11.5 Å². The first kappa shape index (κ1) is 20.3. The molecule has 0 bridgehead atoms. The average molecular weight is 416 g/mol. The van der Waals surface area contributed by atoms with Gasteiger partial charge in [0.2, 0.25) is 0 Å². The fraction of sp³-hybridized carbons (Fsp3) is 0.273. The molecule has 2 aromatic carbocycles. The quantitative estimate of drug-likeness (QED) is 0.542. The largest absolute Gasteiger partial charge is 0.460 e. The summed E-state index contributed by atoms with van der Waals surface area (Å²) in [6.07, 6.45) is 1.53. The molecule has 1 aliphatic carbocycles. The fourth-order valence-electron chi connectivity index (χ4n) is 3.50. The molecule has 0 spiro atoms. The molecule has 0 radical (unpaired) electrons. The van der Waals surface area contributed by atoms with Crippen LogP contribution in [0, 0.1) is 28.1 Å². The van der Waals surface area contributed by atoms with Crippen molar-refractivity contribution in [3.63, 3.8) is 0 Å². The van der Waals surface area contributed by atoms with Crippen molar-refractivity contribution >= 4 is 29.2 Å². The Kier molecular flexibility index (Phi) is 5.69. The molecule has 0 heterocycles. The lowest BCUT2D eigenvalue weighted by Crippen LogP contribution is -2.23. The third-order valence-corrected chi connectivity index (χ3v) is 5.47. The molecule has 0 N–H and O–H groups in total. The van der Waals surface area contributed by atoms with Crippen LogP contribution in [-0.2, 0) is 16.1 Å². The maximum atomic E-state index is 12.7. The Morgan fingerprint density at radius 1 is 1.14 bits per heavy atom. The van der Waals surface area contributed by atoms with Gasteiger partial charge in [0, 0.05) is 11.3 Å². The van der Waals surface area contributed by atoms with Crippen molar-refractivity contribution in [1.82, 2.24) is 0 Å². The highest BCUT2D eigenvalue weighted by Gasteiger charge is 2.77. The highest BCUT2D eigenvalue weighted by molar-refractivity contribution is 6.55. The summed E-state index contributed by atoms with van der Waals surface area (Å²) in [4.78, 5) is 12.7. The molecule has 1 fully saturated rings. The monoisotopic (exact) mass is 415 g/mol. The van der Waals surface area contributed by atoms with E-state index in [0.29, 0.717) is 11.5 Å². The summed E-state index contributed by atoms with van der Waals surface area (Å²) in [5.41, 5.74) is -1.14. The molecule has 6 heteroatoms. The topological polar surface area (TPSA) is 59.3 Å². The molecule has 0 saturated heterocycles. The molecule has 0 aliphatic heterocycles. The Balaban J connectivity index is 1.69. The molecule has 2 aromatic rings. The van der Waals surface area contributed by atoms with E-state index in [4.69, 9.17) is 32.7 Å². The third-order valence-electron chi connectivity index (χ3n) is 5.22. The second kappa shape index (κ2) is 7.87. The van der Waals surface area contributed by atoms with Crippen molar-refractivity contribution in [1.29, 1.82) is 5.26 Å². The maximum absolute atomic E-state index is 12.7. The standard InChI is InChI=1S/C22H19Cl2NO3/c1-21(2)18(12-19(23)24)22(21,14-25)20(26)27-13-15-7-6-10-17(11-15)28-16-8-4-3-5-9-16/h3-12,18H,13H2,1-2H3/t18-,22-/m0/s1. The van der Waals surface area contributed by atoms with Gasteiger partial charge < -0.3 is 9.47 Å². The lowest BCUT2D eigenvalue weighted by atomic mass is 9.98. The van der Waals surface area contributed by atoms with Gasteiger partial charge in [-0.3, -0.25) is 4.79 Å². The molecule has 144 valence electrons. The van der Waals surface area contributed by atoms with E-state index >= 15 is 0 Å². The number of hydrogen-bond acceptors (Lipinski definition) is 4. The Hall–Kier alpha value is -2.48. The van der Waals surface area contributed by atoms with Gasteiger partial charge in [0.05, 0.1) is 6.07 Å². The van der Waals surface area contributed by atoms with Crippen LogP contribution in [0.2, 0.25) is 0 Å². The molecule has 0 aromatic heterocycles. The van der Waals surface area contributed by atoms with Crippen molar-refractivity contribution < 1.29 is 14.3 Å². The summed E-state index contributed by atoms with van der Waals surface area (Å²) in [6.45, 7) is 3.68. The molecule has 3 rings (SSSR count). The van der Waals surface area contributed by atoms with Gasteiger partial charge in [-0.2, -0.15) is 5.26 Å². The van der Waals surface area contributed by atoms with Crippen molar-refractivity contribution in [3.8, 4) is 17.6 Å². The van der Waals surface area contributed by atoms with E-state index in [2.05, 4.69) is 6.07 Å². The molecule has 0 amide bonds. The number of allylic oxidation sites excluding steroid dienone is 1. The zero-order chi connectivity index (χ0) is 20.4. The van der Waals surface area contributed by atoms with Gasteiger partial charge in [-0.05, 0) is 35.9 Å². The normalized spacial score (nSPS) is 21.9. The molecule has 1 saturated carbocycles. The number of halogens is 2. The van der Waals surface area contributed by atoms with E-state index in [-0.39, 0.29) is 11.1 Å². The van der Waals surface area contributed by atoms with Crippen LogP contribution < -0.4 is 4.74 Å². The van der Waals surface area contributed by atoms with Crippen LogP contribution in [0.25, 0.3) is 0 Å². The fourth-order valence-corrected chi connectivity index (χ4v) is 3.75. The molecule has 2 atom stereocenters. The Labute approximate surface area is 174 Å². The number of hydrogen-bond donors (Lipinski definition) is 0. The number of carbonyl (C=O) groups is 1. The van der Waals surface area contributed by atoms with Crippen molar-refractivity contribution in [2.24, 2.45) is 16.7 Å². The second-order valence-electron chi connectivity index (χ2n) is 7.21. The molecule has 28 heavy (non-hydrogen) atoms. The van der Waals surface area contributed by atoms with E-state index in [1.54, 1.807) is 6.07 Å². The summed E-state index contributed by atoms with van der Waals surface area (Å²) in [5.74, 6) is 0.379. The molecule has 1 aliphatic rings. The maximum Gasteiger partial charge on any atom is 0.328 e. The van der Waals surface area contributed by atoms with Gasteiger partial charge in [0.25, 0.3) is 0 Å². The first-order valence-corrected chi connectivity index (χ1v) is 9.50. The van der Waals surface area contributed by atoms with E-state index in [1.165, 1.54) is 6.08 Å². The van der Waals surface area contributed by atoms with E-state index in [9.17, 15) is 10.1 Å². The predicted molar refractivity (Wildman–Crippen MR) is 108 cm³/mol. The van der Waals surface area contributed by atoms with Crippen LogP contribution in [-0.4, -0.2) is 5.97 Å². The number of ether oxygens (including phenoxy) is 2. The van der Waals surface area contributed by atoms with Gasteiger partial charge in [-0.15, -0.1) is 0 Å². The van der Waals surface area contributed by atoms with Crippen molar-refractivity contribution in [2.45, 2.75) is 20.5 Å². The Morgan fingerprint density at radius 2 is 1.82 bits per heavy atom. The van der Waals surface area contributed by atoms with Crippen LogP contribution in [0.1, 0.15) is 19.4 Å². The number of benzene rings is 2. The van der Waals surface area contributed by atoms with Crippen LogP contribution in [0.3, 0.4) is 0 Å². The minimum Gasteiger partial charge on any atom is -0.460 e. The SMILES string of the molecule is CC1(C)[C@H](C=C(Cl)Cl)[C@@]1(C#N)C(=O)OCc1cccc(Oc2ccccc2)c1. The third kappa shape index (κ3) is 3.73. The van der Waals surface area contributed by atoms with Gasteiger partial charge >= 0.3 is 5.97 Å². The van der Waals surface area contributed by atoms with Crippen molar-refractivity contribution in [2.75, 3.05) is 0 Å². The van der Waals surface area contributed by atoms with Crippen LogP contribution in [0.15, 0.2) is 65.2 Å². The van der Waals surface area contributed by atoms with E-state index in [1.807, 2.05) is 62.4 Å². The first-order valence-electron chi connectivity index (χ1n) is 8.74.